The van der Waals surface area contributed by atoms with E-state index in [9.17, 15) is 14.4 Å². The Morgan fingerprint density at radius 1 is 1.00 bits per heavy atom. The van der Waals surface area contributed by atoms with Crippen molar-refractivity contribution >= 4 is 17.5 Å². The number of nitrogens with zero attached hydrogens (tertiary/aromatic N) is 1. The number of amides is 1. The molecule has 4 nitrogen and oxygen atoms in total. The zero-order chi connectivity index (χ0) is 14.6. The van der Waals surface area contributed by atoms with Gasteiger partial charge in [0.25, 0.3) is 0 Å². The van der Waals surface area contributed by atoms with E-state index in [1.807, 2.05) is 24.3 Å². The van der Waals surface area contributed by atoms with Gasteiger partial charge in [-0.25, -0.2) is 0 Å². The lowest BCUT2D eigenvalue weighted by atomic mass is 9.64. The van der Waals surface area contributed by atoms with Crippen molar-refractivity contribution in [2.24, 2.45) is 5.41 Å². The second-order valence-corrected chi connectivity index (χ2v) is 6.29. The first kappa shape index (κ1) is 12.7. The first-order chi connectivity index (χ1) is 10.1. The summed E-state index contributed by atoms with van der Waals surface area (Å²) >= 11 is 0. The normalized spacial score (nSPS) is 27.0. The van der Waals surface area contributed by atoms with Crippen LogP contribution in [0.1, 0.15) is 42.9 Å². The molecule has 1 saturated carbocycles. The Bertz CT molecular complexity index is 648. The molecular weight excluding hydrogens is 266 g/mol. The van der Waals surface area contributed by atoms with Crippen LogP contribution in [-0.4, -0.2) is 28.9 Å². The molecule has 4 rings (SSSR count). The lowest BCUT2D eigenvalue weighted by Gasteiger charge is -2.41. The molecular formula is C17H17NO3. The van der Waals surface area contributed by atoms with Gasteiger partial charge in [-0.05, 0) is 24.0 Å². The molecule has 1 atom stereocenters. The third-order valence-electron chi connectivity index (χ3n) is 5.30. The molecule has 1 spiro atoms. The maximum atomic E-state index is 12.6. The summed E-state index contributed by atoms with van der Waals surface area (Å²) in [6.07, 6.45) is 2.35. The van der Waals surface area contributed by atoms with Crippen molar-refractivity contribution in [2.45, 2.75) is 38.1 Å². The van der Waals surface area contributed by atoms with Crippen LogP contribution in [0.3, 0.4) is 0 Å². The summed E-state index contributed by atoms with van der Waals surface area (Å²) in [7, 11) is 0. The molecule has 3 aliphatic rings. The van der Waals surface area contributed by atoms with Gasteiger partial charge in [0.15, 0.2) is 0 Å². The van der Waals surface area contributed by atoms with Crippen LogP contribution in [0.15, 0.2) is 24.3 Å². The molecule has 0 radical (unpaired) electrons. The Morgan fingerprint density at radius 3 is 2.48 bits per heavy atom. The van der Waals surface area contributed by atoms with Gasteiger partial charge >= 0.3 is 0 Å². The van der Waals surface area contributed by atoms with Gasteiger partial charge in [0.1, 0.15) is 17.0 Å². The minimum absolute atomic E-state index is 0.0312. The molecule has 0 unspecified atom stereocenters. The second kappa shape index (κ2) is 4.26. The quantitative estimate of drug-likeness (QED) is 0.682. The Labute approximate surface area is 123 Å². The molecule has 1 aromatic carbocycles. The van der Waals surface area contributed by atoms with Crippen LogP contribution in [0.25, 0.3) is 0 Å². The van der Waals surface area contributed by atoms with Crippen LogP contribution in [0.2, 0.25) is 0 Å². The zero-order valence-corrected chi connectivity index (χ0v) is 11.8. The molecule has 4 heteroatoms. The van der Waals surface area contributed by atoms with Gasteiger partial charge in [-0.1, -0.05) is 24.3 Å². The van der Waals surface area contributed by atoms with E-state index in [0.717, 1.165) is 12.0 Å². The topological polar surface area (TPSA) is 54.5 Å². The summed E-state index contributed by atoms with van der Waals surface area (Å²) in [6.45, 7) is 0.614. The van der Waals surface area contributed by atoms with Crippen molar-refractivity contribution in [2.75, 3.05) is 6.54 Å². The summed E-state index contributed by atoms with van der Waals surface area (Å²) < 4.78 is 0. The van der Waals surface area contributed by atoms with Crippen LogP contribution in [0.5, 0.6) is 0 Å². The molecule has 21 heavy (non-hydrogen) atoms. The van der Waals surface area contributed by atoms with Gasteiger partial charge in [0.05, 0.1) is 6.04 Å². The third kappa shape index (κ3) is 1.53. The van der Waals surface area contributed by atoms with Crippen molar-refractivity contribution in [1.82, 2.24) is 4.90 Å². The predicted molar refractivity (Wildman–Crippen MR) is 75.5 cm³/mol. The first-order valence-electron chi connectivity index (χ1n) is 7.58. The second-order valence-electron chi connectivity index (χ2n) is 6.29. The van der Waals surface area contributed by atoms with Crippen molar-refractivity contribution in [3.05, 3.63) is 35.4 Å². The van der Waals surface area contributed by atoms with Gasteiger partial charge in [0.2, 0.25) is 5.91 Å². The molecule has 1 aromatic rings. The van der Waals surface area contributed by atoms with E-state index in [4.69, 9.17) is 0 Å². The molecule has 0 aromatic heterocycles. The minimum Gasteiger partial charge on any atom is -0.334 e. The predicted octanol–water partition coefficient (Wildman–Crippen LogP) is 1.82. The zero-order valence-electron chi connectivity index (χ0n) is 11.8. The van der Waals surface area contributed by atoms with Crippen LogP contribution in [0.4, 0.5) is 0 Å². The van der Waals surface area contributed by atoms with E-state index in [2.05, 4.69) is 0 Å². The molecule has 0 N–H and O–H groups in total. The molecule has 2 heterocycles. The molecule has 1 aliphatic carbocycles. The van der Waals surface area contributed by atoms with Crippen LogP contribution >= 0.6 is 0 Å². The van der Waals surface area contributed by atoms with Gasteiger partial charge in [-0.15, -0.1) is 0 Å². The molecule has 2 aliphatic heterocycles. The number of fused-ring (bicyclic) bond motifs is 4. The summed E-state index contributed by atoms with van der Waals surface area (Å²) in [6, 6.07) is 7.55. The Hall–Kier alpha value is -1.97. The van der Waals surface area contributed by atoms with Crippen LogP contribution in [-0.2, 0) is 20.8 Å². The molecule has 108 valence electrons. The van der Waals surface area contributed by atoms with E-state index >= 15 is 0 Å². The summed E-state index contributed by atoms with van der Waals surface area (Å²) in [5.41, 5.74) is 1.06. The lowest BCUT2D eigenvalue weighted by molar-refractivity contribution is -0.146. The average Bonchev–Trinajstić information content (AvgIpc) is 2.80. The number of hydrogen-bond donors (Lipinski definition) is 0. The highest BCUT2D eigenvalue weighted by Crippen LogP contribution is 2.54. The van der Waals surface area contributed by atoms with Crippen molar-refractivity contribution in [3.63, 3.8) is 0 Å². The Kier molecular flexibility index (Phi) is 2.59. The molecule has 2 fully saturated rings. The standard InChI is InChI=1S/C17H17NO3/c19-13-6-3-7-14(20)17(13)10-15(21)18-9-8-11-4-1-2-5-12(11)16(17)18/h1-2,4-5,16H,3,6-10H2/t16-/m0/s1. The highest BCUT2D eigenvalue weighted by Gasteiger charge is 2.62. The number of carbonyl (C=O) groups excluding carboxylic acids is 3. The third-order valence-corrected chi connectivity index (χ3v) is 5.30. The Balaban J connectivity index is 1.93. The average molecular weight is 283 g/mol. The molecule has 1 amide bonds. The van der Waals surface area contributed by atoms with E-state index in [1.54, 1.807) is 4.90 Å². The number of Topliss-reactive ketones (excluding diaryl/α,β-unsaturated/α-hetero) is 2. The van der Waals surface area contributed by atoms with Crippen LogP contribution < -0.4 is 0 Å². The van der Waals surface area contributed by atoms with Gasteiger partial charge in [-0.2, -0.15) is 0 Å². The van der Waals surface area contributed by atoms with Crippen molar-refractivity contribution in [3.8, 4) is 0 Å². The highest BCUT2D eigenvalue weighted by atomic mass is 16.2. The number of rotatable bonds is 0. The molecule has 1 saturated heterocycles. The minimum atomic E-state index is -1.11. The summed E-state index contributed by atoms with van der Waals surface area (Å²) in [5, 5.41) is 0. The summed E-state index contributed by atoms with van der Waals surface area (Å²) in [4.78, 5) is 39.5. The van der Waals surface area contributed by atoms with Crippen LogP contribution in [0, 0.1) is 5.41 Å². The largest absolute Gasteiger partial charge is 0.334 e. The smallest absolute Gasteiger partial charge is 0.224 e. The van der Waals surface area contributed by atoms with Gasteiger partial charge in [0, 0.05) is 25.8 Å². The monoisotopic (exact) mass is 283 g/mol. The fraction of sp³-hybridized carbons (Fsp3) is 0.471. The van der Waals surface area contributed by atoms with Crippen molar-refractivity contribution < 1.29 is 14.4 Å². The fourth-order valence-corrected chi connectivity index (χ4v) is 4.32. The van der Waals surface area contributed by atoms with Crippen molar-refractivity contribution in [1.29, 1.82) is 0 Å². The van der Waals surface area contributed by atoms with E-state index in [0.29, 0.717) is 25.8 Å². The number of carbonyl (C=O) groups is 3. The van der Waals surface area contributed by atoms with Gasteiger partial charge < -0.3 is 4.90 Å². The number of hydrogen-bond acceptors (Lipinski definition) is 3. The molecule has 0 bridgehead atoms. The lowest BCUT2D eigenvalue weighted by Crippen LogP contribution is -2.48. The first-order valence-corrected chi connectivity index (χ1v) is 7.58. The SMILES string of the molecule is O=C1CC2(C(=O)CCCC2=O)[C@@H]2c3ccccc3CCN12. The summed E-state index contributed by atoms with van der Waals surface area (Å²) in [5.74, 6) is -0.106. The fourth-order valence-electron chi connectivity index (χ4n) is 4.32. The number of benzene rings is 1. The maximum Gasteiger partial charge on any atom is 0.224 e. The maximum absolute atomic E-state index is 12.6. The van der Waals surface area contributed by atoms with E-state index in [-0.39, 0.29) is 29.9 Å². The van der Waals surface area contributed by atoms with E-state index < -0.39 is 5.41 Å². The highest BCUT2D eigenvalue weighted by molar-refractivity contribution is 6.14. The Morgan fingerprint density at radius 2 is 1.71 bits per heavy atom. The van der Waals surface area contributed by atoms with E-state index in [1.165, 1.54) is 5.56 Å². The van der Waals surface area contributed by atoms with Gasteiger partial charge in [-0.3, -0.25) is 14.4 Å². The number of ketones is 2.